The van der Waals surface area contributed by atoms with Crippen LogP contribution in [0, 0.1) is 11.3 Å². The van der Waals surface area contributed by atoms with E-state index in [4.69, 9.17) is 33.2 Å². The molecule has 2 aromatic carbocycles. The molecule has 2 rings (SSSR count). The second-order valence-electron chi connectivity index (χ2n) is 3.66. The highest BCUT2D eigenvalue weighted by molar-refractivity contribution is 6.34. The van der Waals surface area contributed by atoms with Crippen molar-refractivity contribution in [3.8, 4) is 17.6 Å². The van der Waals surface area contributed by atoms with Crippen molar-refractivity contribution in [3.05, 3.63) is 57.6 Å². The molecule has 0 N–H and O–H groups in total. The zero-order chi connectivity index (χ0) is 15.8. The SMILES string of the molecule is CC.N#Cc1ccc(Oc2cc(Cl)ccc2Cl)c(C=O)c1. The van der Waals surface area contributed by atoms with E-state index in [9.17, 15) is 4.79 Å². The van der Waals surface area contributed by atoms with Crippen molar-refractivity contribution in [1.82, 2.24) is 0 Å². The van der Waals surface area contributed by atoms with Crippen molar-refractivity contribution in [2.24, 2.45) is 0 Å². The molecule has 2 aromatic rings. The summed E-state index contributed by atoms with van der Waals surface area (Å²) in [6.45, 7) is 4.00. The monoisotopic (exact) mass is 321 g/mol. The molecular formula is C16H13Cl2NO2. The maximum absolute atomic E-state index is 11.0. The Morgan fingerprint density at radius 2 is 1.81 bits per heavy atom. The molecule has 0 aromatic heterocycles. The summed E-state index contributed by atoms with van der Waals surface area (Å²) in [6.07, 6.45) is 0.620. The molecule has 21 heavy (non-hydrogen) atoms. The Balaban J connectivity index is 0.00000106. The Morgan fingerprint density at radius 1 is 1.10 bits per heavy atom. The lowest BCUT2D eigenvalue weighted by molar-refractivity contribution is 0.112. The van der Waals surface area contributed by atoms with Crippen molar-refractivity contribution in [1.29, 1.82) is 5.26 Å². The van der Waals surface area contributed by atoms with Gasteiger partial charge in [-0.1, -0.05) is 37.0 Å². The van der Waals surface area contributed by atoms with Crippen LogP contribution < -0.4 is 4.74 Å². The van der Waals surface area contributed by atoms with Gasteiger partial charge in [-0.25, -0.2) is 0 Å². The molecule has 3 nitrogen and oxygen atoms in total. The highest BCUT2D eigenvalue weighted by atomic mass is 35.5. The zero-order valence-corrected chi connectivity index (χ0v) is 13.1. The molecule has 5 heteroatoms. The molecule has 0 radical (unpaired) electrons. The largest absolute Gasteiger partial charge is 0.455 e. The smallest absolute Gasteiger partial charge is 0.153 e. The minimum Gasteiger partial charge on any atom is -0.455 e. The second-order valence-corrected chi connectivity index (χ2v) is 4.50. The van der Waals surface area contributed by atoms with Crippen LogP contribution >= 0.6 is 23.2 Å². The Kier molecular flexibility index (Phi) is 6.74. The lowest BCUT2D eigenvalue weighted by atomic mass is 10.1. The minimum absolute atomic E-state index is 0.273. The third-order valence-electron chi connectivity index (χ3n) is 2.38. The summed E-state index contributed by atoms with van der Waals surface area (Å²) < 4.78 is 5.55. The molecule has 0 saturated carbocycles. The fourth-order valence-corrected chi connectivity index (χ4v) is 1.80. The second kappa shape index (κ2) is 8.31. The van der Waals surface area contributed by atoms with E-state index < -0.39 is 0 Å². The van der Waals surface area contributed by atoms with Crippen molar-refractivity contribution in [2.75, 3.05) is 0 Å². The first-order valence-electron chi connectivity index (χ1n) is 6.26. The number of carbonyl (C=O) groups excluding carboxylic acids is 1. The first-order chi connectivity index (χ1) is 10.1. The predicted molar refractivity (Wildman–Crippen MR) is 84.4 cm³/mol. The van der Waals surface area contributed by atoms with E-state index in [1.807, 2.05) is 19.9 Å². The molecule has 0 amide bonds. The van der Waals surface area contributed by atoms with Crippen LogP contribution in [0.2, 0.25) is 10.0 Å². The highest BCUT2D eigenvalue weighted by Gasteiger charge is 2.09. The Labute approximate surface area is 133 Å². The van der Waals surface area contributed by atoms with Crippen molar-refractivity contribution in [2.45, 2.75) is 13.8 Å². The van der Waals surface area contributed by atoms with Gasteiger partial charge in [-0.3, -0.25) is 4.79 Å². The summed E-state index contributed by atoms with van der Waals surface area (Å²) in [6, 6.07) is 11.3. The van der Waals surface area contributed by atoms with Gasteiger partial charge in [-0.15, -0.1) is 0 Å². The van der Waals surface area contributed by atoms with Crippen LogP contribution in [0.15, 0.2) is 36.4 Å². The van der Waals surface area contributed by atoms with Crippen LogP contribution in [0.4, 0.5) is 0 Å². The molecule has 0 spiro atoms. The molecule has 0 fully saturated rings. The normalized spacial score (nSPS) is 9.10. The summed E-state index contributed by atoms with van der Waals surface area (Å²) in [7, 11) is 0. The molecule has 0 atom stereocenters. The van der Waals surface area contributed by atoms with Crippen molar-refractivity contribution < 1.29 is 9.53 Å². The fourth-order valence-electron chi connectivity index (χ4n) is 1.48. The van der Waals surface area contributed by atoms with Gasteiger partial charge < -0.3 is 4.74 Å². The minimum atomic E-state index is 0.273. The zero-order valence-electron chi connectivity index (χ0n) is 11.6. The number of ether oxygens (including phenoxy) is 1. The summed E-state index contributed by atoms with van der Waals surface area (Å²) in [5.74, 6) is 0.667. The molecule has 0 unspecified atom stereocenters. The average molecular weight is 322 g/mol. The number of hydrogen-bond acceptors (Lipinski definition) is 3. The van der Waals surface area contributed by atoms with Gasteiger partial charge in [-0.2, -0.15) is 5.26 Å². The van der Waals surface area contributed by atoms with E-state index >= 15 is 0 Å². The van der Waals surface area contributed by atoms with Gasteiger partial charge in [0, 0.05) is 11.1 Å². The average Bonchev–Trinajstić information content (AvgIpc) is 2.53. The first kappa shape index (κ1) is 17.0. The molecule has 0 heterocycles. The van der Waals surface area contributed by atoms with Crippen LogP contribution in [-0.4, -0.2) is 6.29 Å². The quantitative estimate of drug-likeness (QED) is 0.701. The third kappa shape index (κ3) is 4.49. The van der Waals surface area contributed by atoms with Gasteiger partial charge in [0.2, 0.25) is 0 Å². The first-order valence-corrected chi connectivity index (χ1v) is 7.02. The predicted octanol–water partition coefficient (Wildman–Crippen LogP) is 5.50. The van der Waals surface area contributed by atoms with Crippen LogP contribution in [0.1, 0.15) is 29.8 Å². The molecule has 108 valence electrons. The van der Waals surface area contributed by atoms with Crippen molar-refractivity contribution >= 4 is 29.5 Å². The maximum Gasteiger partial charge on any atom is 0.153 e. The Morgan fingerprint density at radius 3 is 2.43 bits per heavy atom. The molecule has 0 aliphatic carbocycles. The Hall–Kier alpha value is -2.02. The maximum atomic E-state index is 11.0. The molecule has 0 aliphatic heterocycles. The number of benzene rings is 2. The van der Waals surface area contributed by atoms with E-state index in [-0.39, 0.29) is 5.56 Å². The molecule has 0 saturated heterocycles. The molecule has 0 aliphatic rings. The summed E-state index contributed by atoms with van der Waals surface area (Å²) in [5.41, 5.74) is 0.654. The number of nitrogens with zero attached hydrogens (tertiary/aromatic N) is 1. The van der Waals surface area contributed by atoms with Gasteiger partial charge in [0.05, 0.1) is 22.2 Å². The topological polar surface area (TPSA) is 50.1 Å². The van der Waals surface area contributed by atoms with Crippen LogP contribution in [0.25, 0.3) is 0 Å². The lowest BCUT2D eigenvalue weighted by Gasteiger charge is -2.10. The number of hydrogen-bond donors (Lipinski definition) is 0. The number of carbonyl (C=O) groups is 1. The van der Waals surface area contributed by atoms with E-state index in [1.165, 1.54) is 6.07 Å². The van der Waals surface area contributed by atoms with Gasteiger partial charge in [0.15, 0.2) is 6.29 Å². The van der Waals surface area contributed by atoms with Crippen LogP contribution in [0.3, 0.4) is 0 Å². The van der Waals surface area contributed by atoms with E-state index in [0.717, 1.165) is 0 Å². The highest BCUT2D eigenvalue weighted by Crippen LogP contribution is 2.33. The lowest BCUT2D eigenvalue weighted by Crippen LogP contribution is -1.92. The van der Waals surface area contributed by atoms with Gasteiger partial charge in [-0.05, 0) is 30.3 Å². The molecular weight excluding hydrogens is 309 g/mol. The van der Waals surface area contributed by atoms with Crippen molar-refractivity contribution in [3.63, 3.8) is 0 Å². The number of rotatable bonds is 3. The summed E-state index contributed by atoms with van der Waals surface area (Å²) in [5, 5.41) is 9.63. The van der Waals surface area contributed by atoms with E-state index in [1.54, 1.807) is 30.3 Å². The van der Waals surface area contributed by atoms with Crippen LogP contribution in [-0.2, 0) is 0 Å². The number of aldehydes is 1. The van der Waals surface area contributed by atoms with Gasteiger partial charge in [0.1, 0.15) is 11.5 Å². The third-order valence-corrected chi connectivity index (χ3v) is 2.93. The standard InChI is InChI=1S/C14H7Cl2NO2.C2H6/c15-11-2-3-12(16)14(6-11)19-13-4-1-9(7-17)5-10(13)8-18;1-2/h1-6,8H;1-2H3. The number of nitriles is 1. The van der Waals surface area contributed by atoms with Crippen LogP contribution in [0.5, 0.6) is 11.5 Å². The summed E-state index contributed by atoms with van der Waals surface area (Å²) >= 11 is 11.8. The molecule has 0 bridgehead atoms. The van der Waals surface area contributed by atoms with E-state index in [0.29, 0.717) is 33.4 Å². The summed E-state index contributed by atoms with van der Waals surface area (Å²) in [4.78, 5) is 11.0. The Bertz CT molecular complexity index is 678. The van der Waals surface area contributed by atoms with Gasteiger partial charge >= 0.3 is 0 Å². The van der Waals surface area contributed by atoms with E-state index in [2.05, 4.69) is 0 Å². The fraction of sp³-hybridized carbons (Fsp3) is 0.125. The number of halogens is 2. The van der Waals surface area contributed by atoms with Gasteiger partial charge in [0.25, 0.3) is 0 Å².